The zero-order valence-corrected chi connectivity index (χ0v) is 11.3. The minimum atomic E-state index is -0.998. The van der Waals surface area contributed by atoms with Crippen LogP contribution < -0.4 is 10.1 Å². The summed E-state index contributed by atoms with van der Waals surface area (Å²) >= 11 is 0. The fourth-order valence-electron chi connectivity index (χ4n) is 1.87. The molecule has 1 aromatic heterocycles. The molecule has 0 spiro atoms. The van der Waals surface area contributed by atoms with Gasteiger partial charge in [-0.05, 0) is 36.8 Å². The number of methoxy groups -OCH3 is 1. The van der Waals surface area contributed by atoms with Crippen molar-refractivity contribution in [2.24, 2.45) is 0 Å². The van der Waals surface area contributed by atoms with Crippen molar-refractivity contribution in [1.82, 2.24) is 4.98 Å². The Bertz CT molecular complexity index is 596. The Morgan fingerprint density at radius 1 is 1.30 bits per heavy atom. The zero-order valence-electron chi connectivity index (χ0n) is 11.3. The second kappa shape index (κ2) is 6.06. The molecule has 5 nitrogen and oxygen atoms in total. The van der Waals surface area contributed by atoms with Crippen LogP contribution >= 0.6 is 0 Å². The van der Waals surface area contributed by atoms with Gasteiger partial charge in [0.25, 0.3) is 0 Å². The van der Waals surface area contributed by atoms with Crippen LogP contribution in [-0.4, -0.2) is 23.2 Å². The molecule has 0 aliphatic carbocycles. The minimum Gasteiger partial charge on any atom is -0.497 e. The molecule has 0 aliphatic rings. The van der Waals surface area contributed by atoms with E-state index in [1.807, 2.05) is 31.2 Å². The van der Waals surface area contributed by atoms with Gasteiger partial charge < -0.3 is 15.2 Å². The summed E-state index contributed by atoms with van der Waals surface area (Å²) in [6.45, 7) is 1.95. The molecule has 1 heterocycles. The Labute approximate surface area is 117 Å². The number of anilines is 1. The normalized spacial score (nSPS) is 11.7. The number of aromatic carboxylic acids is 1. The van der Waals surface area contributed by atoms with E-state index in [4.69, 9.17) is 9.84 Å². The van der Waals surface area contributed by atoms with Gasteiger partial charge >= 0.3 is 5.97 Å². The lowest BCUT2D eigenvalue weighted by Crippen LogP contribution is -2.12. The third kappa shape index (κ3) is 3.06. The van der Waals surface area contributed by atoms with Gasteiger partial charge in [0.2, 0.25) is 0 Å². The second-order valence-electron chi connectivity index (χ2n) is 4.34. The van der Waals surface area contributed by atoms with Crippen LogP contribution in [0.5, 0.6) is 5.75 Å². The lowest BCUT2D eigenvalue weighted by atomic mass is 10.1. The van der Waals surface area contributed by atoms with Crippen LogP contribution in [0.4, 0.5) is 5.82 Å². The average molecular weight is 272 g/mol. The van der Waals surface area contributed by atoms with Gasteiger partial charge in [-0.3, -0.25) is 0 Å². The lowest BCUT2D eigenvalue weighted by molar-refractivity contribution is 0.0697. The van der Waals surface area contributed by atoms with Gasteiger partial charge in [0, 0.05) is 12.2 Å². The predicted molar refractivity (Wildman–Crippen MR) is 76.2 cm³/mol. The lowest BCUT2D eigenvalue weighted by Gasteiger charge is -2.16. The molecule has 0 aliphatic heterocycles. The number of carbonyl (C=O) groups is 1. The molecule has 0 amide bonds. The number of hydrogen-bond acceptors (Lipinski definition) is 4. The molecule has 1 atom stereocenters. The number of carboxylic acid groups (broad SMARTS) is 1. The van der Waals surface area contributed by atoms with Crippen molar-refractivity contribution in [1.29, 1.82) is 0 Å². The maximum atomic E-state index is 11.1. The van der Waals surface area contributed by atoms with Crippen LogP contribution in [0.1, 0.15) is 28.9 Å². The Hall–Kier alpha value is -2.56. The molecule has 2 aromatic rings. The molecule has 1 unspecified atom stereocenters. The molecule has 104 valence electrons. The van der Waals surface area contributed by atoms with Crippen molar-refractivity contribution < 1.29 is 14.6 Å². The molecule has 1 aromatic carbocycles. The van der Waals surface area contributed by atoms with Crippen LogP contribution in [0.25, 0.3) is 0 Å². The van der Waals surface area contributed by atoms with E-state index in [9.17, 15) is 4.79 Å². The standard InChI is InChI=1S/C15H16N2O3/c1-10(11-5-7-12(20-2)8-6-11)17-14-13(15(18)19)4-3-9-16-14/h3-10H,1-2H3,(H,16,17)(H,18,19). The smallest absolute Gasteiger partial charge is 0.339 e. The highest BCUT2D eigenvalue weighted by Crippen LogP contribution is 2.22. The van der Waals surface area contributed by atoms with Gasteiger partial charge in [-0.25, -0.2) is 9.78 Å². The van der Waals surface area contributed by atoms with E-state index in [1.54, 1.807) is 19.4 Å². The summed E-state index contributed by atoms with van der Waals surface area (Å²) in [6.07, 6.45) is 1.56. The summed E-state index contributed by atoms with van der Waals surface area (Å²) < 4.78 is 5.11. The molecular weight excluding hydrogens is 256 g/mol. The summed E-state index contributed by atoms with van der Waals surface area (Å²) in [5, 5.41) is 12.2. The molecule has 0 saturated carbocycles. The first kappa shape index (κ1) is 13.9. The topological polar surface area (TPSA) is 71.5 Å². The van der Waals surface area contributed by atoms with Crippen LogP contribution in [0.2, 0.25) is 0 Å². The van der Waals surface area contributed by atoms with E-state index in [0.29, 0.717) is 5.82 Å². The quantitative estimate of drug-likeness (QED) is 0.875. The Morgan fingerprint density at radius 3 is 2.60 bits per heavy atom. The summed E-state index contributed by atoms with van der Waals surface area (Å²) in [7, 11) is 1.61. The molecule has 0 saturated heterocycles. The van der Waals surface area contributed by atoms with E-state index in [1.165, 1.54) is 6.07 Å². The first-order valence-corrected chi connectivity index (χ1v) is 6.20. The SMILES string of the molecule is COc1ccc(C(C)Nc2ncccc2C(=O)O)cc1. The minimum absolute atomic E-state index is 0.0612. The Morgan fingerprint density at radius 2 is 2.00 bits per heavy atom. The fraction of sp³-hybridized carbons (Fsp3) is 0.200. The van der Waals surface area contributed by atoms with Gasteiger partial charge in [0.05, 0.1) is 7.11 Å². The van der Waals surface area contributed by atoms with Crippen LogP contribution in [0, 0.1) is 0 Å². The molecule has 20 heavy (non-hydrogen) atoms. The number of rotatable bonds is 5. The third-order valence-corrected chi connectivity index (χ3v) is 3.01. The summed E-state index contributed by atoms with van der Waals surface area (Å²) in [4.78, 5) is 15.2. The van der Waals surface area contributed by atoms with Gasteiger partial charge in [-0.15, -0.1) is 0 Å². The van der Waals surface area contributed by atoms with E-state index in [2.05, 4.69) is 10.3 Å². The van der Waals surface area contributed by atoms with Crippen LogP contribution in [-0.2, 0) is 0 Å². The number of ether oxygens (including phenoxy) is 1. The van der Waals surface area contributed by atoms with Crippen molar-refractivity contribution in [3.05, 3.63) is 53.7 Å². The van der Waals surface area contributed by atoms with Crippen molar-refractivity contribution in [3.63, 3.8) is 0 Å². The molecular formula is C15H16N2O3. The van der Waals surface area contributed by atoms with Crippen molar-refractivity contribution in [3.8, 4) is 5.75 Å². The van der Waals surface area contributed by atoms with Crippen LogP contribution in [0.3, 0.4) is 0 Å². The van der Waals surface area contributed by atoms with Crippen molar-refractivity contribution in [2.75, 3.05) is 12.4 Å². The maximum Gasteiger partial charge on any atom is 0.339 e. The highest BCUT2D eigenvalue weighted by Gasteiger charge is 2.13. The number of benzene rings is 1. The molecule has 0 radical (unpaired) electrons. The van der Waals surface area contributed by atoms with E-state index < -0.39 is 5.97 Å². The molecule has 0 bridgehead atoms. The highest BCUT2D eigenvalue weighted by molar-refractivity contribution is 5.93. The van der Waals surface area contributed by atoms with Crippen molar-refractivity contribution >= 4 is 11.8 Å². The van der Waals surface area contributed by atoms with Gasteiger partial charge in [-0.2, -0.15) is 0 Å². The number of carboxylic acids is 1. The zero-order chi connectivity index (χ0) is 14.5. The first-order valence-electron chi connectivity index (χ1n) is 6.20. The second-order valence-corrected chi connectivity index (χ2v) is 4.34. The third-order valence-electron chi connectivity index (χ3n) is 3.01. The molecule has 5 heteroatoms. The largest absolute Gasteiger partial charge is 0.497 e. The predicted octanol–water partition coefficient (Wildman–Crippen LogP) is 2.96. The number of aromatic nitrogens is 1. The monoisotopic (exact) mass is 272 g/mol. The fourth-order valence-corrected chi connectivity index (χ4v) is 1.87. The van der Waals surface area contributed by atoms with Gasteiger partial charge in [0.15, 0.2) is 0 Å². The van der Waals surface area contributed by atoms with E-state index in [-0.39, 0.29) is 11.6 Å². The summed E-state index contributed by atoms with van der Waals surface area (Å²) in [5.41, 5.74) is 1.18. The number of nitrogens with one attached hydrogen (secondary N) is 1. The number of hydrogen-bond donors (Lipinski definition) is 2. The Kier molecular flexibility index (Phi) is 4.20. The Balaban J connectivity index is 2.18. The van der Waals surface area contributed by atoms with Crippen LogP contribution in [0.15, 0.2) is 42.6 Å². The molecule has 2 rings (SSSR count). The number of pyridine rings is 1. The highest BCUT2D eigenvalue weighted by atomic mass is 16.5. The summed E-state index contributed by atoms with van der Waals surface area (Å²) in [5.74, 6) is 0.149. The number of nitrogens with zero attached hydrogens (tertiary/aromatic N) is 1. The molecule has 0 fully saturated rings. The van der Waals surface area contributed by atoms with E-state index in [0.717, 1.165) is 11.3 Å². The average Bonchev–Trinajstić information content (AvgIpc) is 2.47. The first-order chi connectivity index (χ1) is 9.61. The van der Waals surface area contributed by atoms with E-state index >= 15 is 0 Å². The maximum absolute atomic E-state index is 11.1. The summed E-state index contributed by atoms with van der Waals surface area (Å²) in [6, 6.07) is 10.7. The van der Waals surface area contributed by atoms with Gasteiger partial charge in [0.1, 0.15) is 17.1 Å². The van der Waals surface area contributed by atoms with Crippen molar-refractivity contribution in [2.45, 2.75) is 13.0 Å². The molecule has 2 N–H and O–H groups in total. The van der Waals surface area contributed by atoms with Gasteiger partial charge in [-0.1, -0.05) is 12.1 Å².